The Morgan fingerprint density at radius 2 is 1.97 bits per heavy atom. The summed E-state index contributed by atoms with van der Waals surface area (Å²) < 4.78 is 27.9. The second-order valence-electron chi connectivity index (χ2n) is 7.58. The Labute approximate surface area is 182 Å². The molecule has 1 aliphatic heterocycles. The van der Waals surface area contributed by atoms with Gasteiger partial charge in [-0.2, -0.15) is 5.10 Å². The van der Waals surface area contributed by atoms with Crippen LogP contribution < -0.4 is 5.32 Å². The van der Waals surface area contributed by atoms with Gasteiger partial charge in [-0.05, 0) is 29.8 Å². The lowest BCUT2D eigenvalue weighted by Gasteiger charge is -2.28. The van der Waals surface area contributed by atoms with E-state index in [1.54, 1.807) is 48.5 Å². The van der Waals surface area contributed by atoms with Gasteiger partial charge in [0.05, 0.1) is 18.3 Å². The molecule has 0 saturated heterocycles. The molecule has 0 radical (unpaired) electrons. The van der Waals surface area contributed by atoms with E-state index in [-0.39, 0.29) is 11.6 Å². The summed E-state index contributed by atoms with van der Waals surface area (Å²) in [5.41, 5.74) is 2.98. The number of carbonyl (C=O) groups excluding carboxylic acids is 2. The molecule has 1 unspecified atom stereocenters. The monoisotopic (exact) mass is 444 g/mol. The molecule has 2 amide bonds. The van der Waals surface area contributed by atoms with Crippen molar-refractivity contribution in [2.75, 3.05) is 11.9 Å². The first-order chi connectivity index (χ1) is 14.6. The minimum absolute atomic E-state index is 0.170. The maximum Gasteiger partial charge on any atom is 0.273 e. The number of nitrogens with zero attached hydrogens (tertiary/aromatic N) is 2. The van der Waals surface area contributed by atoms with Gasteiger partial charge in [-0.1, -0.05) is 35.9 Å². The van der Waals surface area contributed by atoms with Gasteiger partial charge in [-0.15, -0.1) is 0 Å². The average Bonchev–Trinajstić information content (AvgIpc) is 3.21. The number of benzene rings is 2. The van der Waals surface area contributed by atoms with Gasteiger partial charge in [-0.3, -0.25) is 14.7 Å². The van der Waals surface area contributed by atoms with Crippen molar-refractivity contribution in [1.82, 2.24) is 15.1 Å². The third-order valence-electron chi connectivity index (χ3n) is 4.95. The summed E-state index contributed by atoms with van der Waals surface area (Å²) in [5.74, 6) is -3.86. The summed E-state index contributed by atoms with van der Waals surface area (Å²) in [6.07, 6.45) is 0. The molecule has 2 heterocycles. The van der Waals surface area contributed by atoms with Crippen LogP contribution in [0, 0.1) is 0 Å². The first kappa shape index (κ1) is 21.0. The number of amides is 2. The molecule has 0 saturated carbocycles. The number of carbonyl (C=O) groups is 2. The minimum Gasteiger partial charge on any atom is -0.326 e. The van der Waals surface area contributed by atoms with Crippen molar-refractivity contribution >= 4 is 29.1 Å². The molecule has 0 aliphatic carbocycles. The van der Waals surface area contributed by atoms with Crippen LogP contribution in [0.25, 0.3) is 11.3 Å². The Bertz CT molecular complexity index is 1160. The largest absolute Gasteiger partial charge is 0.326 e. The molecule has 9 heteroatoms. The van der Waals surface area contributed by atoms with E-state index >= 15 is 0 Å². The third-order valence-corrected chi connectivity index (χ3v) is 5.21. The molecule has 1 aliphatic rings. The Balaban J connectivity index is 1.85. The number of hydrogen-bond donors (Lipinski definition) is 2. The standard InChI is InChI=1S/C22H19ClF2N4O2/c1-12(30)26-16-5-3-4-14(10-16)18-17-19(28-27-18)21(31)29(11-22(2,24)25)20(17)13-6-8-15(23)9-7-13/h3-10,20H,11H2,1-2H3,(H,26,30)(H,27,28). The van der Waals surface area contributed by atoms with Gasteiger partial charge in [0.1, 0.15) is 5.69 Å². The number of anilines is 1. The van der Waals surface area contributed by atoms with Crippen molar-refractivity contribution < 1.29 is 18.4 Å². The van der Waals surface area contributed by atoms with Crippen LogP contribution in [-0.4, -0.2) is 39.4 Å². The summed E-state index contributed by atoms with van der Waals surface area (Å²) in [7, 11) is 0. The van der Waals surface area contributed by atoms with Gasteiger partial charge in [0.2, 0.25) is 5.91 Å². The van der Waals surface area contributed by atoms with E-state index in [0.29, 0.717) is 33.1 Å². The topological polar surface area (TPSA) is 78.1 Å². The van der Waals surface area contributed by atoms with E-state index in [1.807, 2.05) is 0 Å². The molecule has 3 aromatic rings. The van der Waals surface area contributed by atoms with Crippen molar-refractivity contribution in [3.8, 4) is 11.3 Å². The second-order valence-corrected chi connectivity index (χ2v) is 8.02. The van der Waals surface area contributed by atoms with Crippen LogP contribution in [-0.2, 0) is 4.79 Å². The molecule has 31 heavy (non-hydrogen) atoms. The molecule has 1 atom stereocenters. The van der Waals surface area contributed by atoms with Gasteiger partial charge in [0.25, 0.3) is 11.8 Å². The van der Waals surface area contributed by atoms with Crippen LogP contribution in [0.1, 0.15) is 41.5 Å². The van der Waals surface area contributed by atoms with E-state index in [4.69, 9.17) is 11.6 Å². The number of nitrogens with one attached hydrogen (secondary N) is 2. The van der Waals surface area contributed by atoms with Crippen LogP contribution >= 0.6 is 11.6 Å². The first-order valence-corrected chi connectivity index (χ1v) is 9.92. The maximum atomic E-state index is 13.9. The highest BCUT2D eigenvalue weighted by Gasteiger charge is 2.45. The van der Waals surface area contributed by atoms with Crippen LogP contribution in [0.5, 0.6) is 0 Å². The number of aromatic amines is 1. The summed E-state index contributed by atoms with van der Waals surface area (Å²) in [5, 5.41) is 10.2. The van der Waals surface area contributed by atoms with Crippen molar-refractivity contribution in [3.05, 3.63) is 70.4 Å². The van der Waals surface area contributed by atoms with Crippen molar-refractivity contribution in [3.63, 3.8) is 0 Å². The fourth-order valence-electron chi connectivity index (χ4n) is 3.82. The quantitative estimate of drug-likeness (QED) is 0.588. The Kier molecular flexibility index (Phi) is 5.26. The molecule has 6 nitrogen and oxygen atoms in total. The molecular formula is C22H19ClF2N4O2. The zero-order valence-corrected chi connectivity index (χ0v) is 17.5. The van der Waals surface area contributed by atoms with Crippen LogP contribution in [0.3, 0.4) is 0 Å². The highest BCUT2D eigenvalue weighted by atomic mass is 35.5. The Hall–Kier alpha value is -3.26. The summed E-state index contributed by atoms with van der Waals surface area (Å²) in [6, 6.07) is 12.9. The molecule has 4 rings (SSSR count). The fraction of sp³-hybridized carbons (Fsp3) is 0.227. The minimum atomic E-state index is -3.08. The highest BCUT2D eigenvalue weighted by Crippen LogP contribution is 2.44. The number of hydrogen-bond acceptors (Lipinski definition) is 3. The van der Waals surface area contributed by atoms with Gasteiger partial charge in [0.15, 0.2) is 0 Å². The normalized spacial score (nSPS) is 15.8. The average molecular weight is 445 g/mol. The molecule has 1 aromatic heterocycles. The second kappa shape index (κ2) is 7.77. The van der Waals surface area contributed by atoms with Crippen LogP contribution in [0.15, 0.2) is 48.5 Å². The lowest BCUT2D eigenvalue weighted by molar-refractivity contribution is -0.114. The molecule has 2 N–H and O–H groups in total. The molecule has 0 spiro atoms. The zero-order chi connectivity index (χ0) is 22.3. The Morgan fingerprint density at radius 3 is 2.61 bits per heavy atom. The number of H-pyrrole nitrogens is 1. The first-order valence-electron chi connectivity index (χ1n) is 9.54. The SMILES string of the molecule is CC(=O)Nc1cccc(-c2n[nH]c3c2C(c2ccc(Cl)cc2)N(CC(C)(F)F)C3=O)c1. The van der Waals surface area contributed by atoms with Crippen LogP contribution in [0.2, 0.25) is 5.02 Å². The van der Waals surface area contributed by atoms with E-state index in [0.717, 1.165) is 11.8 Å². The van der Waals surface area contributed by atoms with E-state index in [2.05, 4.69) is 15.5 Å². The number of rotatable bonds is 5. The summed E-state index contributed by atoms with van der Waals surface area (Å²) >= 11 is 6.00. The van der Waals surface area contributed by atoms with Gasteiger partial charge in [-0.25, -0.2) is 8.78 Å². The van der Waals surface area contributed by atoms with Crippen molar-refractivity contribution in [2.45, 2.75) is 25.8 Å². The predicted octanol–water partition coefficient (Wildman–Crippen LogP) is 4.89. The zero-order valence-electron chi connectivity index (χ0n) is 16.7. The number of halogens is 3. The van der Waals surface area contributed by atoms with Gasteiger partial charge in [0, 0.05) is 35.7 Å². The smallest absolute Gasteiger partial charge is 0.273 e. The predicted molar refractivity (Wildman–Crippen MR) is 113 cm³/mol. The molecule has 2 aromatic carbocycles. The van der Waals surface area contributed by atoms with Crippen molar-refractivity contribution in [1.29, 1.82) is 0 Å². The van der Waals surface area contributed by atoms with Gasteiger partial charge >= 0.3 is 0 Å². The van der Waals surface area contributed by atoms with Gasteiger partial charge < -0.3 is 10.2 Å². The lowest BCUT2D eigenvalue weighted by atomic mass is 9.96. The number of aromatic nitrogens is 2. The van der Waals surface area contributed by atoms with E-state index in [1.165, 1.54) is 6.92 Å². The summed E-state index contributed by atoms with van der Waals surface area (Å²) in [6.45, 7) is 1.44. The highest BCUT2D eigenvalue weighted by molar-refractivity contribution is 6.30. The molecule has 0 fully saturated rings. The number of alkyl halides is 2. The number of fused-ring (bicyclic) bond motifs is 1. The van der Waals surface area contributed by atoms with E-state index < -0.39 is 24.4 Å². The molecular weight excluding hydrogens is 426 g/mol. The summed E-state index contributed by atoms with van der Waals surface area (Å²) in [4.78, 5) is 25.6. The van der Waals surface area contributed by atoms with Crippen LogP contribution in [0.4, 0.5) is 14.5 Å². The lowest BCUT2D eigenvalue weighted by Crippen LogP contribution is -2.38. The fourth-order valence-corrected chi connectivity index (χ4v) is 3.94. The molecule has 160 valence electrons. The van der Waals surface area contributed by atoms with Crippen molar-refractivity contribution in [2.24, 2.45) is 0 Å². The van der Waals surface area contributed by atoms with E-state index in [9.17, 15) is 18.4 Å². The molecule has 0 bridgehead atoms. The Morgan fingerprint density at radius 1 is 1.26 bits per heavy atom. The third kappa shape index (κ3) is 4.16. The maximum absolute atomic E-state index is 13.9.